The fraction of sp³-hybridized carbons (Fsp3) is 0.524. The molecule has 178 valence electrons. The van der Waals surface area contributed by atoms with Gasteiger partial charge in [0.25, 0.3) is 0 Å². The Morgan fingerprint density at radius 1 is 1.21 bits per heavy atom. The van der Waals surface area contributed by atoms with Gasteiger partial charge in [0, 0.05) is 26.6 Å². The van der Waals surface area contributed by atoms with Gasteiger partial charge in [-0.2, -0.15) is 0 Å². The lowest BCUT2D eigenvalue weighted by Crippen LogP contribution is -2.32. The molecule has 0 unspecified atom stereocenters. The van der Waals surface area contributed by atoms with Gasteiger partial charge in [-0.3, -0.25) is 4.57 Å². The Labute approximate surface area is 197 Å². The lowest BCUT2D eigenvalue weighted by atomic mass is 10.2. The molecule has 1 aliphatic rings. The summed E-state index contributed by atoms with van der Waals surface area (Å²) in [5.41, 5.74) is -0.400. The van der Waals surface area contributed by atoms with Crippen LogP contribution in [0, 0.1) is 6.92 Å². The van der Waals surface area contributed by atoms with E-state index in [1.54, 1.807) is 20.1 Å². The summed E-state index contributed by atoms with van der Waals surface area (Å²) in [5, 5.41) is 7.96. The Kier molecular flexibility index (Phi) is 6.59. The van der Waals surface area contributed by atoms with Crippen LogP contribution in [-0.2, 0) is 30.6 Å². The van der Waals surface area contributed by atoms with Gasteiger partial charge in [-0.1, -0.05) is 11.6 Å². The summed E-state index contributed by atoms with van der Waals surface area (Å²) in [6, 6.07) is 3.64. The molecular weight excluding hydrogens is 470 g/mol. The molecule has 0 bridgehead atoms. The number of furan rings is 1. The summed E-state index contributed by atoms with van der Waals surface area (Å²) in [6.45, 7) is 3.82. The molecular formula is C21H26ClN5O5S. The molecule has 0 spiro atoms. The maximum atomic E-state index is 13.5. The normalized spacial score (nSPS) is 17.1. The number of aryl methyl sites for hydroxylation is 1. The fourth-order valence-electron chi connectivity index (χ4n) is 3.94. The molecule has 0 aromatic carbocycles. The summed E-state index contributed by atoms with van der Waals surface area (Å²) >= 11 is 5.86. The number of sulfone groups is 1. The van der Waals surface area contributed by atoms with Crippen LogP contribution in [0.5, 0.6) is 0 Å². The van der Waals surface area contributed by atoms with Gasteiger partial charge in [0.2, 0.25) is 0 Å². The number of hydrogen-bond acceptors (Lipinski definition) is 9. The van der Waals surface area contributed by atoms with Crippen LogP contribution in [0.3, 0.4) is 0 Å². The van der Waals surface area contributed by atoms with Crippen LogP contribution in [0.4, 0.5) is 0 Å². The third-order valence-corrected chi connectivity index (χ3v) is 8.11. The molecule has 1 saturated carbocycles. The first-order valence-electron chi connectivity index (χ1n) is 10.4. The maximum absolute atomic E-state index is 13.5. The highest BCUT2D eigenvalue weighted by atomic mass is 35.5. The standard InChI is InChI=1S/C21H26ClN5O5S/c1-13-5-6-16(32-13)20-26-25-17(27(20)21(7-8-21)12-30-3)11-33(28,29)14(2)18(31-4)19-23-9-15(22)10-24-19/h5-6,9-10,14,18H,7-8,11-12H2,1-4H3/t14-,18-/m0/s1. The van der Waals surface area contributed by atoms with Crippen LogP contribution >= 0.6 is 11.6 Å². The second kappa shape index (κ2) is 9.13. The largest absolute Gasteiger partial charge is 0.458 e. The summed E-state index contributed by atoms with van der Waals surface area (Å²) in [6.07, 6.45) is 3.60. The fourth-order valence-corrected chi connectivity index (χ4v) is 5.46. The number of hydrogen-bond donors (Lipinski definition) is 0. The SMILES string of the molecule is COCC1(n2c(CS(=O)(=O)[C@@H](C)[C@H](OC)c3ncc(Cl)cn3)nnc2-c2ccc(C)o2)CC1. The molecule has 1 fully saturated rings. The van der Waals surface area contributed by atoms with E-state index in [0.29, 0.717) is 29.0 Å². The van der Waals surface area contributed by atoms with E-state index in [4.69, 9.17) is 25.5 Å². The lowest BCUT2D eigenvalue weighted by Gasteiger charge is -2.23. The van der Waals surface area contributed by atoms with Crippen LogP contribution in [0.15, 0.2) is 28.9 Å². The molecule has 10 nitrogen and oxygen atoms in total. The van der Waals surface area contributed by atoms with Crippen molar-refractivity contribution in [2.75, 3.05) is 20.8 Å². The molecule has 0 amide bonds. The second-order valence-corrected chi connectivity index (χ2v) is 11.1. The average molecular weight is 496 g/mol. The van der Waals surface area contributed by atoms with Crippen molar-refractivity contribution in [2.45, 2.75) is 49.3 Å². The number of methoxy groups -OCH3 is 2. The molecule has 2 atom stereocenters. The van der Waals surface area contributed by atoms with Gasteiger partial charge in [-0.25, -0.2) is 18.4 Å². The van der Waals surface area contributed by atoms with Crippen molar-refractivity contribution < 1.29 is 22.3 Å². The molecule has 3 aromatic heterocycles. The van der Waals surface area contributed by atoms with Gasteiger partial charge in [-0.05, 0) is 38.8 Å². The molecule has 3 heterocycles. The van der Waals surface area contributed by atoms with Crippen LogP contribution in [0.25, 0.3) is 11.6 Å². The van der Waals surface area contributed by atoms with Gasteiger partial charge >= 0.3 is 0 Å². The highest BCUT2D eigenvalue weighted by Gasteiger charge is 2.49. The Morgan fingerprint density at radius 3 is 2.45 bits per heavy atom. The van der Waals surface area contributed by atoms with Gasteiger partial charge in [0.1, 0.15) is 23.4 Å². The van der Waals surface area contributed by atoms with Crippen LogP contribution in [-0.4, -0.2) is 59.2 Å². The Morgan fingerprint density at radius 2 is 1.91 bits per heavy atom. The second-order valence-electron chi connectivity index (χ2n) is 8.27. The van der Waals surface area contributed by atoms with E-state index in [-0.39, 0.29) is 11.6 Å². The summed E-state index contributed by atoms with van der Waals surface area (Å²) in [7, 11) is -0.706. The predicted octanol–water partition coefficient (Wildman–Crippen LogP) is 3.12. The first-order chi connectivity index (χ1) is 15.7. The van der Waals surface area contributed by atoms with Crippen molar-refractivity contribution in [1.82, 2.24) is 24.7 Å². The molecule has 0 saturated heterocycles. The summed E-state index contributed by atoms with van der Waals surface area (Å²) in [5.74, 6) is 1.98. The number of nitrogens with zero attached hydrogens (tertiary/aromatic N) is 5. The van der Waals surface area contributed by atoms with Crippen molar-refractivity contribution in [3.05, 3.63) is 47.0 Å². The Balaban J connectivity index is 1.69. The Hall–Kier alpha value is -2.34. The summed E-state index contributed by atoms with van der Waals surface area (Å²) < 4.78 is 45.4. The minimum absolute atomic E-state index is 0.240. The number of aromatic nitrogens is 5. The predicted molar refractivity (Wildman–Crippen MR) is 120 cm³/mol. The Bertz CT molecular complexity index is 1220. The van der Waals surface area contributed by atoms with Gasteiger partial charge < -0.3 is 13.9 Å². The molecule has 0 radical (unpaired) electrons. The third kappa shape index (κ3) is 4.68. The van der Waals surface area contributed by atoms with E-state index in [1.807, 2.05) is 17.6 Å². The van der Waals surface area contributed by atoms with E-state index < -0.39 is 26.7 Å². The first-order valence-corrected chi connectivity index (χ1v) is 12.5. The molecule has 12 heteroatoms. The topological polar surface area (TPSA) is 122 Å². The van der Waals surface area contributed by atoms with Gasteiger partial charge in [0.15, 0.2) is 27.2 Å². The van der Waals surface area contributed by atoms with E-state index >= 15 is 0 Å². The first kappa shape index (κ1) is 23.8. The van der Waals surface area contributed by atoms with E-state index in [0.717, 1.165) is 18.6 Å². The quantitative estimate of drug-likeness (QED) is 0.417. The van der Waals surface area contributed by atoms with Crippen molar-refractivity contribution in [2.24, 2.45) is 0 Å². The average Bonchev–Trinajstić information content (AvgIpc) is 3.21. The molecule has 0 N–H and O–H groups in total. The number of rotatable bonds is 10. The minimum Gasteiger partial charge on any atom is -0.458 e. The van der Waals surface area contributed by atoms with Crippen LogP contribution < -0.4 is 0 Å². The third-order valence-electron chi connectivity index (χ3n) is 5.88. The highest BCUT2D eigenvalue weighted by Crippen LogP contribution is 2.47. The van der Waals surface area contributed by atoms with Crippen molar-refractivity contribution in [1.29, 1.82) is 0 Å². The van der Waals surface area contributed by atoms with Gasteiger partial charge in [-0.15, -0.1) is 10.2 Å². The van der Waals surface area contributed by atoms with Crippen LogP contribution in [0.1, 0.15) is 43.3 Å². The smallest absolute Gasteiger partial charge is 0.200 e. The molecule has 33 heavy (non-hydrogen) atoms. The minimum atomic E-state index is -3.75. The lowest BCUT2D eigenvalue weighted by molar-refractivity contribution is 0.0947. The van der Waals surface area contributed by atoms with Crippen molar-refractivity contribution in [3.63, 3.8) is 0 Å². The molecule has 4 rings (SSSR count). The number of ether oxygens (including phenoxy) is 2. The molecule has 3 aromatic rings. The maximum Gasteiger partial charge on any atom is 0.200 e. The molecule has 1 aliphatic carbocycles. The van der Waals surface area contributed by atoms with E-state index in [9.17, 15) is 8.42 Å². The van der Waals surface area contributed by atoms with E-state index in [2.05, 4.69) is 20.2 Å². The van der Waals surface area contributed by atoms with Crippen molar-refractivity contribution >= 4 is 21.4 Å². The highest BCUT2D eigenvalue weighted by molar-refractivity contribution is 7.91. The summed E-state index contributed by atoms with van der Waals surface area (Å²) in [4.78, 5) is 8.27. The zero-order valence-electron chi connectivity index (χ0n) is 18.9. The zero-order valence-corrected chi connectivity index (χ0v) is 20.4. The van der Waals surface area contributed by atoms with Gasteiger partial charge in [0.05, 0.1) is 22.4 Å². The zero-order chi connectivity index (χ0) is 23.8. The molecule has 0 aliphatic heterocycles. The van der Waals surface area contributed by atoms with Crippen LogP contribution in [0.2, 0.25) is 5.02 Å². The van der Waals surface area contributed by atoms with Crippen molar-refractivity contribution in [3.8, 4) is 11.6 Å². The monoisotopic (exact) mass is 495 g/mol. The number of halogens is 1. The van der Waals surface area contributed by atoms with E-state index in [1.165, 1.54) is 19.5 Å².